The number of nitrogens with one attached hydrogen (secondary N) is 2. The maximum absolute atomic E-state index is 13.9. The van der Waals surface area contributed by atoms with E-state index in [1.54, 1.807) is 0 Å². The summed E-state index contributed by atoms with van der Waals surface area (Å²) < 4.78 is 45.6. The minimum Gasteiger partial charge on any atom is -0.475 e. The number of amides is 1. The molecule has 1 atom stereocenters. The van der Waals surface area contributed by atoms with Gasteiger partial charge < -0.3 is 15.7 Å². The third-order valence-electron chi connectivity index (χ3n) is 5.48. The molecule has 10 heteroatoms. The third-order valence-corrected chi connectivity index (χ3v) is 5.48. The second-order valence-electron chi connectivity index (χ2n) is 7.67. The number of pyridine rings is 1. The predicted molar refractivity (Wildman–Crippen MR) is 108 cm³/mol. The van der Waals surface area contributed by atoms with Gasteiger partial charge >= 0.3 is 12.1 Å². The average Bonchev–Trinajstić information content (AvgIpc) is 2.76. The molecule has 2 aliphatic rings. The van der Waals surface area contributed by atoms with E-state index >= 15 is 0 Å². The molecule has 0 saturated heterocycles. The summed E-state index contributed by atoms with van der Waals surface area (Å²) in [6.45, 7) is 1.98. The minimum atomic E-state index is -5.08. The molecular formula is C22H23F4N3O3. The molecular weight excluding hydrogens is 430 g/mol. The Morgan fingerprint density at radius 1 is 1.22 bits per heavy atom. The molecule has 2 heterocycles. The lowest BCUT2D eigenvalue weighted by Gasteiger charge is -2.25. The van der Waals surface area contributed by atoms with Crippen LogP contribution < -0.4 is 10.6 Å². The number of rotatable bonds is 3. The number of carbonyl (C=O) groups excluding carboxylic acids is 1. The molecule has 172 valence electrons. The topological polar surface area (TPSA) is 91.3 Å². The van der Waals surface area contributed by atoms with E-state index in [1.165, 1.54) is 17.7 Å². The number of fused-ring (bicyclic) bond motifs is 2. The molecule has 0 fully saturated rings. The molecule has 0 spiro atoms. The molecule has 3 N–H and O–H groups in total. The fraction of sp³-hybridized carbons (Fsp3) is 0.409. The van der Waals surface area contributed by atoms with Crippen molar-refractivity contribution >= 4 is 11.9 Å². The Balaban J connectivity index is 0.000000360. The van der Waals surface area contributed by atoms with Crippen LogP contribution in [0.4, 0.5) is 17.6 Å². The Morgan fingerprint density at radius 2 is 1.97 bits per heavy atom. The van der Waals surface area contributed by atoms with Gasteiger partial charge in [-0.15, -0.1) is 0 Å². The highest BCUT2D eigenvalue weighted by Crippen LogP contribution is 2.29. The van der Waals surface area contributed by atoms with Crippen molar-refractivity contribution in [3.63, 3.8) is 0 Å². The molecule has 0 bridgehead atoms. The van der Waals surface area contributed by atoms with Crippen LogP contribution in [-0.4, -0.2) is 41.2 Å². The first-order valence-electron chi connectivity index (χ1n) is 10.2. The largest absolute Gasteiger partial charge is 0.490 e. The number of benzene rings is 1. The van der Waals surface area contributed by atoms with Crippen LogP contribution in [0.3, 0.4) is 0 Å². The zero-order valence-electron chi connectivity index (χ0n) is 17.1. The number of hydrogen-bond acceptors (Lipinski definition) is 4. The van der Waals surface area contributed by atoms with Crippen molar-refractivity contribution < 1.29 is 32.3 Å². The van der Waals surface area contributed by atoms with Crippen molar-refractivity contribution in [3.05, 3.63) is 64.2 Å². The lowest BCUT2D eigenvalue weighted by molar-refractivity contribution is -0.192. The Labute approximate surface area is 182 Å². The number of carbonyl (C=O) groups is 2. The molecule has 1 aromatic heterocycles. The van der Waals surface area contributed by atoms with Gasteiger partial charge in [0.2, 0.25) is 0 Å². The highest BCUT2D eigenvalue weighted by Gasteiger charge is 2.38. The first-order chi connectivity index (χ1) is 15.2. The minimum absolute atomic E-state index is 0.180. The average molecular weight is 453 g/mol. The van der Waals surface area contributed by atoms with Crippen LogP contribution >= 0.6 is 0 Å². The molecule has 1 aromatic carbocycles. The highest BCUT2D eigenvalue weighted by atomic mass is 19.4. The van der Waals surface area contributed by atoms with E-state index in [4.69, 9.17) is 9.90 Å². The maximum atomic E-state index is 13.9. The van der Waals surface area contributed by atoms with Crippen LogP contribution in [0.1, 0.15) is 51.5 Å². The second-order valence-corrected chi connectivity index (χ2v) is 7.67. The van der Waals surface area contributed by atoms with Crippen LogP contribution in [-0.2, 0) is 24.2 Å². The summed E-state index contributed by atoms with van der Waals surface area (Å²) in [4.78, 5) is 26.1. The van der Waals surface area contributed by atoms with E-state index in [2.05, 4.69) is 21.7 Å². The van der Waals surface area contributed by atoms with Gasteiger partial charge in [0.15, 0.2) is 0 Å². The third kappa shape index (κ3) is 5.82. The number of hydrogen-bond donors (Lipinski definition) is 3. The Kier molecular flexibility index (Phi) is 7.44. The number of carboxylic acids is 1. The van der Waals surface area contributed by atoms with Crippen LogP contribution in [0, 0.1) is 5.82 Å². The standard InChI is InChI=1S/C20H22FN3O.C2HF3O2/c21-16-9-15-11-22-8-6-17(15)18(10-16)20(25)24-12-14-4-1-3-13-5-2-7-23-19(13)14;3-2(4,5)1(6)7/h2,5,7,9-10,14,22H,1,3-4,6,8,11-12H2,(H,24,25);(H,6,7). The Morgan fingerprint density at radius 3 is 2.69 bits per heavy atom. The molecule has 1 aliphatic heterocycles. The molecule has 1 amide bonds. The molecule has 32 heavy (non-hydrogen) atoms. The zero-order chi connectivity index (χ0) is 23.3. The summed E-state index contributed by atoms with van der Waals surface area (Å²) in [5.41, 5.74) is 4.72. The van der Waals surface area contributed by atoms with Crippen molar-refractivity contribution in [3.8, 4) is 0 Å². The first-order valence-corrected chi connectivity index (χ1v) is 10.2. The predicted octanol–water partition coefficient (Wildman–Crippen LogP) is 3.35. The summed E-state index contributed by atoms with van der Waals surface area (Å²) in [6.07, 6.45) is 0.675. The molecule has 1 aliphatic carbocycles. The van der Waals surface area contributed by atoms with Gasteiger partial charge in [-0.25, -0.2) is 9.18 Å². The van der Waals surface area contributed by atoms with Crippen molar-refractivity contribution in [2.24, 2.45) is 0 Å². The molecule has 2 aromatic rings. The highest BCUT2D eigenvalue weighted by molar-refractivity contribution is 5.96. The molecule has 6 nitrogen and oxygen atoms in total. The monoisotopic (exact) mass is 453 g/mol. The summed E-state index contributed by atoms with van der Waals surface area (Å²) >= 11 is 0. The van der Waals surface area contributed by atoms with Gasteiger partial charge in [0.05, 0.1) is 0 Å². The summed E-state index contributed by atoms with van der Waals surface area (Å²) in [7, 11) is 0. The number of aliphatic carboxylic acids is 1. The van der Waals surface area contributed by atoms with Crippen LogP contribution in [0.2, 0.25) is 0 Å². The van der Waals surface area contributed by atoms with E-state index in [0.717, 1.165) is 49.0 Å². The SMILES string of the molecule is O=C(NCC1CCCc2cccnc21)c1cc(F)cc2c1CCNC2.O=C(O)C(F)(F)F. The van der Waals surface area contributed by atoms with E-state index in [-0.39, 0.29) is 17.6 Å². The van der Waals surface area contributed by atoms with Crippen molar-refractivity contribution in [2.75, 3.05) is 13.1 Å². The van der Waals surface area contributed by atoms with E-state index in [0.29, 0.717) is 18.7 Å². The number of aryl methyl sites for hydroxylation is 1. The second kappa shape index (κ2) is 10.1. The number of alkyl halides is 3. The molecule has 4 rings (SSSR count). The Hall–Kier alpha value is -3.01. The van der Waals surface area contributed by atoms with E-state index in [9.17, 15) is 22.4 Å². The quantitative estimate of drug-likeness (QED) is 0.620. The normalized spacial score (nSPS) is 17.3. The fourth-order valence-corrected chi connectivity index (χ4v) is 4.00. The van der Waals surface area contributed by atoms with Gasteiger partial charge in [-0.2, -0.15) is 13.2 Å². The maximum Gasteiger partial charge on any atom is 0.490 e. The molecule has 0 radical (unpaired) electrons. The number of carboxylic acid groups (broad SMARTS) is 1. The first kappa shape index (κ1) is 23.6. The van der Waals surface area contributed by atoms with Gasteiger partial charge in [-0.1, -0.05) is 6.07 Å². The summed E-state index contributed by atoms with van der Waals surface area (Å²) in [6, 6.07) is 6.98. The lowest BCUT2D eigenvalue weighted by Crippen LogP contribution is -2.33. The van der Waals surface area contributed by atoms with Crippen LogP contribution in [0.25, 0.3) is 0 Å². The smallest absolute Gasteiger partial charge is 0.475 e. The van der Waals surface area contributed by atoms with Gasteiger partial charge in [0.1, 0.15) is 5.82 Å². The zero-order valence-corrected chi connectivity index (χ0v) is 17.1. The van der Waals surface area contributed by atoms with E-state index in [1.807, 2.05) is 12.3 Å². The lowest BCUT2D eigenvalue weighted by atomic mass is 9.86. The number of aromatic nitrogens is 1. The van der Waals surface area contributed by atoms with Gasteiger partial charge in [-0.3, -0.25) is 9.78 Å². The van der Waals surface area contributed by atoms with Gasteiger partial charge in [0.25, 0.3) is 5.91 Å². The van der Waals surface area contributed by atoms with E-state index < -0.39 is 12.1 Å². The van der Waals surface area contributed by atoms with Crippen LogP contribution in [0.5, 0.6) is 0 Å². The number of halogens is 4. The Bertz CT molecular complexity index is 995. The van der Waals surface area contributed by atoms with Crippen molar-refractivity contribution in [1.82, 2.24) is 15.6 Å². The fourth-order valence-electron chi connectivity index (χ4n) is 4.00. The molecule has 0 saturated carbocycles. The summed E-state index contributed by atoms with van der Waals surface area (Å²) in [5.74, 6) is -3.05. The molecule has 1 unspecified atom stereocenters. The van der Waals surface area contributed by atoms with Crippen molar-refractivity contribution in [1.29, 1.82) is 0 Å². The van der Waals surface area contributed by atoms with Gasteiger partial charge in [-0.05, 0) is 67.1 Å². The van der Waals surface area contributed by atoms with Gasteiger partial charge in [0, 0.05) is 36.5 Å². The van der Waals surface area contributed by atoms with Crippen molar-refractivity contribution in [2.45, 2.75) is 44.3 Å². The number of nitrogens with zero attached hydrogens (tertiary/aromatic N) is 1. The van der Waals surface area contributed by atoms with Crippen LogP contribution in [0.15, 0.2) is 30.5 Å². The summed E-state index contributed by atoms with van der Waals surface area (Å²) in [5, 5.41) is 13.4.